The molecule has 4 aromatic rings. The number of carbonyl (C=O) groups excluding carboxylic acids is 1. The molecule has 1 unspecified atom stereocenters. The number of halogens is 1. The highest BCUT2D eigenvalue weighted by molar-refractivity contribution is 6.31. The number of aryl methyl sites for hydroxylation is 1. The molecular formula is C30H28ClNO5. The highest BCUT2D eigenvalue weighted by Gasteiger charge is 2.43. The van der Waals surface area contributed by atoms with Crippen LogP contribution < -0.4 is 14.9 Å². The number of ether oxygens (including phenoxy) is 2. The van der Waals surface area contributed by atoms with Gasteiger partial charge in [-0.25, -0.2) is 0 Å². The van der Waals surface area contributed by atoms with Crippen LogP contribution in [0.15, 0.2) is 69.9 Å². The fourth-order valence-corrected chi connectivity index (χ4v) is 4.95. The van der Waals surface area contributed by atoms with Gasteiger partial charge in [0.1, 0.15) is 5.58 Å². The number of unbranched alkanes of at least 4 members (excludes halogenated alkanes) is 1. The topological polar surface area (TPSA) is 69.0 Å². The van der Waals surface area contributed by atoms with Gasteiger partial charge in [-0.2, -0.15) is 0 Å². The highest BCUT2D eigenvalue weighted by Crippen LogP contribution is 2.42. The van der Waals surface area contributed by atoms with E-state index in [-0.39, 0.29) is 23.6 Å². The molecule has 0 fully saturated rings. The Hall–Kier alpha value is -3.77. The number of methoxy groups -OCH3 is 1. The lowest BCUT2D eigenvalue weighted by molar-refractivity contribution is 0.0714. The molecule has 190 valence electrons. The monoisotopic (exact) mass is 517 g/mol. The number of carbonyl (C=O) groups is 1. The van der Waals surface area contributed by atoms with Crippen LogP contribution >= 0.6 is 11.6 Å². The van der Waals surface area contributed by atoms with Gasteiger partial charge in [0, 0.05) is 11.6 Å². The molecule has 1 aromatic heterocycles. The molecule has 1 aliphatic heterocycles. The summed E-state index contributed by atoms with van der Waals surface area (Å²) in [5.74, 6) is 0.846. The van der Waals surface area contributed by atoms with Crippen LogP contribution in [-0.2, 0) is 6.54 Å². The number of fused-ring (bicyclic) bond motifs is 2. The zero-order valence-corrected chi connectivity index (χ0v) is 21.8. The third-order valence-corrected chi connectivity index (χ3v) is 7.05. The molecule has 0 N–H and O–H groups in total. The first-order valence-electron chi connectivity index (χ1n) is 12.4. The van der Waals surface area contributed by atoms with Gasteiger partial charge in [0.25, 0.3) is 5.91 Å². The molecular weight excluding hydrogens is 490 g/mol. The highest BCUT2D eigenvalue weighted by atomic mass is 35.5. The van der Waals surface area contributed by atoms with Gasteiger partial charge in [0.05, 0.1) is 30.7 Å². The van der Waals surface area contributed by atoms with Gasteiger partial charge in [-0.3, -0.25) is 9.59 Å². The average molecular weight is 518 g/mol. The lowest BCUT2D eigenvalue weighted by Crippen LogP contribution is -2.29. The zero-order chi connectivity index (χ0) is 26.1. The fraction of sp³-hybridized carbons (Fsp3) is 0.267. The van der Waals surface area contributed by atoms with Crippen molar-refractivity contribution < 1.29 is 18.7 Å². The van der Waals surface area contributed by atoms with Crippen LogP contribution in [0.2, 0.25) is 5.02 Å². The lowest BCUT2D eigenvalue weighted by Gasteiger charge is -2.26. The Bertz CT molecular complexity index is 1540. The molecule has 0 saturated heterocycles. The third-order valence-electron chi connectivity index (χ3n) is 6.68. The van der Waals surface area contributed by atoms with Crippen molar-refractivity contribution in [2.75, 3.05) is 13.7 Å². The average Bonchev–Trinajstić information content (AvgIpc) is 3.17. The van der Waals surface area contributed by atoms with Crippen molar-refractivity contribution in [2.24, 2.45) is 0 Å². The van der Waals surface area contributed by atoms with Crippen molar-refractivity contribution in [2.45, 2.75) is 39.3 Å². The Morgan fingerprint density at radius 3 is 2.59 bits per heavy atom. The second-order valence-electron chi connectivity index (χ2n) is 9.21. The van der Waals surface area contributed by atoms with Crippen LogP contribution in [0.3, 0.4) is 0 Å². The van der Waals surface area contributed by atoms with Crippen LogP contribution in [0, 0.1) is 6.92 Å². The summed E-state index contributed by atoms with van der Waals surface area (Å²) in [6, 6.07) is 17.6. The van der Waals surface area contributed by atoms with E-state index in [1.54, 1.807) is 30.2 Å². The van der Waals surface area contributed by atoms with Gasteiger partial charge < -0.3 is 18.8 Å². The fourth-order valence-electron chi connectivity index (χ4n) is 4.75. The zero-order valence-electron chi connectivity index (χ0n) is 21.0. The van der Waals surface area contributed by atoms with Gasteiger partial charge >= 0.3 is 0 Å². The predicted molar refractivity (Wildman–Crippen MR) is 144 cm³/mol. The number of rotatable bonds is 8. The first kappa shape index (κ1) is 24.9. The molecule has 1 amide bonds. The Labute approximate surface area is 220 Å². The van der Waals surface area contributed by atoms with Crippen LogP contribution in [0.1, 0.15) is 58.6 Å². The molecule has 0 aliphatic carbocycles. The van der Waals surface area contributed by atoms with Crippen molar-refractivity contribution in [3.63, 3.8) is 0 Å². The van der Waals surface area contributed by atoms with E-state index in [9.17, 15) is 9.59 Å². The summed E-state index contributed by atoms with van der Waals surface area (Å²) in [7, 11) is 1.58. The van der Waals surface area contributed by atoms with E-state index < -0.39 is 6.04 Å². The maximum Gasteiger partial charge on any atom is 0.291 e. The van der Waals surface area contributed by atoms with Crippen LogP contribution in [-0.4, -0.2) is 24.5 Å². The normalized spacial score (nSPS) is 14.8. The van der Waals surface area contributed by atoms with Gasteiger partial charge in [0.15, 0.2) is 16.9 Å². The van der Waals surface area contributed by atoms with Gasteiger partial charge in [0.2, 0.25) is 5.76 Å². The van der Waals surface area contributed by atoms with E-state index in [2.05, 4.69) is 6.92 Å². The van der Waals surface area contributed by atoms with E-state index in [0.717, 1.165) is 29.5 Å². The van der Waals surface area contributed by atoms with E-state index in [0.29, 0.717) is 39.7 Å². The predicted octanol–water partition coefficient (Wildman–Crippen LogP) is 6.69. The summed E-state index contributed by atoms with van der Waals surface area (Å²) in [6.07, 6.45) is 1.94. The number of benzene rings is 3. The maximum absolute atomic E-state index is 13.8. The summed E-state index contributed by atoms with van der Waals surface area (Å²) in [5.41, 5.74) is 2.91. The van der Waals surface area contributed by atoms with Crippen molar-refractivity contribution >= 4 is 28.5 Å². The van der Waals surface area contributed by atoms with E-state index in [1.807, 2.05) is 49.4 Å². The van der Waals surface area contributed by atoms with Gasteiger partial charge in [-0.1, -0.05) is 60.8 Å². The summed E-state index contributed by atoms with van der Waals surface area (Å²) < 4.78 is 17.6. The molecule has 0 bridgehead atoms. The Morgan fingerprint density at radius 1 is 1.03 bits per heavy atom. The number of amides is 1. The molecule has 5 rings (SSSR count). The standard InChI is InChI=1S/C30H28ClNO5/c1-4-5-14-36-24-13-11-19(16-25(24)35-3)27-26-28(33)21-15-18(2)10-12-23(21)37-29(26)30(34)32(27)17-20-8-6-7-9-22(20)31/h6-13,15-16,27H,4-5,14,17H2,1-3H3. The van der Waals surface area contributed by atoms with E-state index in [1.165, 1.54) is 0 Å². The molecule has 7 heteroatoms. The number of hydrogen-bond acceptors (Lipinski definition) is 5. The molecule has 0 spiro atoms. The molecule has 6 nitrogen and oxygen atoms in total. The summed E-state index contributed by atoms with van der Waals surface area (Å²) in [5, 5.41) is 0.991. The molecule has 2 heterocycles. The van der Waals surface area contributed by atoms with Crippen molar-refractivity contribution in [1.82, 2.24) is 4.90 Å². The smallest absolute Gasteiger partial charge is 0.291 e. The van der Waals surface area contributed by atoms with Crippen LogP contribution in [0.4, 0.5) is 0 Å². The second-order valence-corrected chi connectivity index (χ2v) is 9.62. The van der Waals surface area contributed by atoms with Crippen molar-refractivity contribution in [3.8, 4) is 11.5 Å². The summed E-state index contributed by atoms with van der Waals surface area (Å²) in [6.45, 7) is 4.80. The molecule has 3 aromatic carbocycles. The SMILES string of the molecule is CCCCOc1ccc(C2c3c(oc4ccc(C)cc4c3=O)C(=O)N2Cc2ccccc2Cl)cc1OC. The van der Waals surface area contributed by atoms with Gasteiger partial charge in [-0.05, 0) is 54.8 Å². The van der Waals surface area contributed by atoms with Crippen molar-refractivity contribution in [3.05, 3.63) is 104 Å². The Morgan fingerprint density at radius 2 is 1.84 bits per heavy atom. The van der Waals surface area contributed by atoms with Crippen molar-refractivity contribution in [1.29, 1.82) is 0 Å². The lowest BCUT2D eigenvalue weighted by atomic mass is 9.97. The van der Waals surface area contributed by atoms with Gasteiger partial charge in [-0.15, -0.1) is 0 Å². The Kier molecular flexibility index (Phi) is 6.94. The Balaban J connectivity index is 1.67. The molecule has 0 radical (unpaired) electrons. The van der Waals surface area contributed by atoms with Crippen LogP contribution in [0.25, 0.3) is 11.0 Å². The quantitative estimate of drug-likeness (QED) is 0.244. The summed E-state index contributed by atoms with van der Waals surface area (Å²) >= 11 is 6.46. The van der Waals surface area contributed by atoms with Crippen LogP contribution in [0.5, 0.6) is 11.5 Å². The molecule has 1 aliphatic rings. The molecule has 0 saturated carbocycles. The first-order chi connectivity index (χ1) is 17.9. The summed E-state index contributed by atoms with van der Waals surface area (Å²) in [4.78, 5) is 29.2. The minimum absolute atomic E-state index is 0.0562. The molecule has 37 heavy (non-hydrogen) atoms. The minimum Gasteiger partial charge on any atom is -0.493 e. The van der Waals surface area contributed by atoms with E-state index >= 15 is 0 Å². The second kappa shape index (κ2) is 10.3. The maximum atomic E-state index is 13.8. The van der Waals surface area contributed by atoms with E-state index in [4.69, 9.17) is 25.5 Å². The number of nitrogens with zero attached hydrogens (tertiary/aromatic N) is 1. The minimum atomic E-state index is -0.682. The molecule has 1 atom stereocenters. The third kappa shape index (κ3) is 4.58. The first-order valence-corrected chi connectivity index (χ1v) is 12.7. The largest absolute Gasteiger partial charge is 0.493 e. The number of hydrogen-bond donors (Lipinski definition) is 0.